The quantitative estimate of drug-likeness (QED) is 0.595. The van der Waals surface area contributed by atoms with Crippen LogP contribution in [0.15, 0.2) is 17.3 Å². The van der Waals surface area contributed by atoms with Crippen LogP contribution in [0.5, 0.6) is 0 Å². The molecule has 0 unspecified atom stereocenters. The van der Waals surface area contributed by atoms with Crippen molar-refractivity contribution in [3.8, 4) is 0 Å². The van der Waals surface area contributed by atoms with E-state index in [0.29, 0.717) is 12.2 Å². The molecule has 142 valence electrons. The molecule has 0 fully saturated rings. The summed E-state index contributed by atoms with van der Waals surface area (Å²) in [5, 5.41) is 9.82. The lowest BCUT2D eigenvalue weighted by Gasteiger charge is -2.12. The Hall–Kier alpha value is -2.03. The Morgan fingerprint density at radius 3 is 2.35 bits per heavy atom. The summed E-state index contributed by atoms with van der Waals surface area (Å²) in [5.74, 6) is -0.666. The summed E-state index contributed by atoms with van der Waals surface area (Å²) in [6.07, 6.45) is -3.72. The average Bonchev–Trinajstić information content (AvgIpc) is 2.88. The zero-order chi connectivity index (χ0) is 19.5. The third-order valence-electron chi connectivity index (χ3n) is 3.81. The molecule has 0 atom stereocenters. The summed E-state index contributed by atoms with van der Waals surface area (Å²) in [6.45, 7) is 5.88. The molecule has 1 aromatic heterocycles. The molecule has 26 heavy (non-hydrogen) atoms. The van der Waals surface area contributed by atoms with Gasteiger partial charge in [0.05, 0.1) is 0 Å². The van der Waals surface area contributed by atoms with Crippen molar-refractivity contribution in [3.63, 3.8) is 0 Å². The van der Waals surface area contributed by atoms with Gasteiger partial charge in [0.25, 0.3) is 0 Å². The predicted molar refractivity (Wildman–Crippen MR) is 95.2 cm³/mol. The van der Waals surface area contributed by atoms with Crippen molar-refractivity contribution in [1.29, 1.82) is 0 Å². The van der Waals surface area contributed by atoms with Gasteiger partial charge in [-0.1, -0.05) is 29.5 Å². The Labute approximate surface area is 154 Å². The Morgan fingerprint density at radius 1 is 1.19 bits per heavy atom. The van der Waals surface area contributed by atoms with Crippen LogP contribution in [-0.4, -0.2) is 26.4 Å². The lowest BCUT2D eigenvalue weighted by molar-refractivity contribution is -0.147. The number of halogens is 3. The van der Waals surface area contributed by atoms with Crippen LogP contribution in [0.25, 0.3) is 0 Å². The van der Waals surface area contributed by atoms with Gasteiger partial charge in [0.15, 0.2) is 5.16 Å². The molecule has 0 aliphatic carbocycles. The topological polar surface area (TPSA) is 59.8 Å². The second kappa shape index (κ2) is 8.11. The predicted octanol–water partition coefficient (Wildman–Crippen LogP) is 4.27. The van der Waals surface area contributed by atoms with Crippen LogP contribution in [-0.2, 0) is 18.0 Å². The SMILES string of the molecule is Cc1cc(C)c(NC(=O)CCCSc2nnc(C(F)(F)F)n2C)c(C)c1. The van der Waals surface area contributed by atoms with E-state index in [1.54, 1.807) is 0 Å². The molecule has 2 rings (SSSR count). The Morgan fingerprint density at radius 2 is 1.81 bits per heavy atom. The van der Waals surface area contributed by atoms with E-state index in [2.05, 4.69) is 15.5 Å². The number of nitrogens with one attached hydrogen (secondary N) is 1. The zero-order valence-corrected chi connectivity index (χ0v) is 15.9. The number of carbonyl (C=O) groups is 1. The zero-order valence-electron chi connectivity index (χ0n) is 15.1. The first-order valence-electron chi connectivity index (χ1n) is 8.06. The minimum Gasteiger partial charge on any atom is -0.326 e. The molecule has 1 amide bonds. The maximum absolute atomic E-state index is 12.7. The molecule has 0 saturated heterocycles. The van der Waals surface area contributed by atoms with Crippen LogP contribution in [0.2, 0.25) is 0 Å². The Balaban J connectivity index is 1.84. The highest BCUT2D eigenvalue weighted by Gasteiger charge is 2.37. The van der Waals surface area contributed by atoms with Gasteiger partial charge >= 0.3 is 6.18 Å². The van der Waals surface area contributed by atoms with Gasteiger partial charge in [-0.3, -0.25) is 4.79 Å². The standard InChI is InChI=1S/C17H21F3N4OS/c1-10-8-11(2)14(12(3)9-10)21-13(25)6-5-7-26-16-23-22-15(24(16)4)17(18,19)20/h8-9H,5-7H2,1-4H3,(H,21,25). The highest BCUT2D eigenvalue weighted by Crippen LogP contribution is 2.29. The summed E-state index contributed by atoms with van der Waals surface area (Å²) in [5.41, 5.74) is 3.96. The van der Waals surface area contributed by atoms with E-state index in [1.807, 2.05) is 32.9 Å². The number of alkyl halides is 3. The normalized spacial score (nSPS) is 11.7. The third-order valence-corrected chi connectivity index (χ3v) is 4.92. The molecule has 5 nitrogen and oxygen atoms in total. The third kappa shape index (κ3) is 5.00. The molecule has 1 heterocycles. The van der Waals surface area contributed by atoms with Crippen molar-refractivity contribution < 1.29 is 18.0 Å². The van der Waals surface area contributed by atoms with Crippen LogP contribution in [0.3, 0.4) is 0 Å². The van der Waals surface area contributed by atoms with E-state index < -0.39 is 12.0 Å². The minimum atomic E-state index is -4.52. The van der Waals surface area contributed by atoms with E-state index in [-0.39, 0.29) is 17.5 Å². The average molecular weight is 386 g/mol. The van der Waals surface area contributed by atoms with Gasteiger partial charge < -0.3 is 9.88 Å². The smallest absolute Gasteiger partial charge is 0.326 e. The van der Waals surface area contributed by atoms with E-state index in [4.69, 9.17) is 0 Å². The monoisotopic (exact) mass is 386 g/mol. The summed E-state index contributed by atoms with van der Waals surface area (Å²) in [4.78, 5) is 12.1. The van der Waals surface area contributed by atoms with Crippen molar-refractivity contribution in [2.45, 2.75) is 44.9 Å². The molecule has 2 aromatic rings. The maximum atomic E-state index is 12.7. The molecule has 1 aromatic carbocycles. The molecular formula is C17H21F3N4OS. The minimum absolute atomic E-state index is 0.116. The number of anilines is 1. The lowest BCUT2D eigenvalue weighted by Crippen LogP contribution is -2.14. The molecule has 0 saturated carbocycles. The fourth-order valence-electron chi connectivity index (χ4n) is 2.66. The van der Waals surface area contributed by atoms with Crippen molar-refractivity contribution in [2.75, 3.05) is 11.1 Å². The molecule has 9 heteroatoms. The van der Waals surface area contributed by atoms with Gasteiger partial charge in [-0.25, -0.2) is 0 Å². The van der Waals surface area contributed by atoms with Crippen LogP contribution in [0, 0.1) is 20.8 Å². The largest absolute Gasteiger partial charge is 0.451 e. The molecular weight excluding hydrogens is 365 g/mol. The molecule has 1 N–H and O–H groups in total. The number of nitrogens with zero attached hydrogens (tertiary/aromatic N) is 3. The summed E-state index contributed by atoms with van der Waals surface area (Å²) in [7, 11) is 1.28. The van der Waals surface area contributed by atoms with Gasteiger partial charge in [-0.05, 0) is 38.3 Å². The highest BCUT2D eigenvalue weighted by atomic mass is 32.2. The van der Waals surface area contributed by atoms with Gasteiger partial charge in [-0.2, -0.15) is 13.2 Å². The Bertz CT molecular complexity index is 779. The van der Waals surface area contributed by atoms with Crippen LogP contribution < -0.4 is 5.32 Å². The van der Waals surface area contributed by atoms with Crippen LogP contribution in [0.1, 0.15) is 35.4 Å². The number of rotatable bonds is 6. The molecule has 0 radical (unpaired) electrons. The van der Waals surface area contributed by atoms with Crippen molar-refractivity contribution in [1.82, 2.24) is 14.8 Å². The number of aromatic nitrogens is 3. The maximum Gasteiger partial charge on any atom is 0.451 e. The van der Waals surface area contributed by atoms with Gasteiger partial charge in [0.1, 0.15) is 0 Å². The van der Waals surface area contributed by atoms with E-state index in [1.165, 1.54) is 7.05 Å². The first-order chi connectivity index (χ1) is 12.1. The van der Waals surface area contributed by atoms with Gasteiger partial charge in [0.2, 0.25) is 11.7 Å². The van der Waals surface area contributed by atoms with Crippen LogP contribution >= 0.6 is 11.8 Å². The summed E-state index contributed by atoms with van der Waals surface area (Å²) >= 11 is 1.15. The molecule has 0 aliphatic rings. The molecule has 0 aliphatic heterocycles. The number of thioether (sulfide) groups is 1. The molecule has 0 spiro atoms. The fourth-order valence-corrected chi connectivity index (χ4v) is 3.51. The number of hydrogen-bond acceptors (Lipinski definition) is 4. The molecule has 0 bridgehead atoms. The number of hydrogen-bond donors (Lipinski definition) is 1. The van der Waals surface area contributed by atoms with Crippen molar-refractivity contribution in [3.05, 3.63) is 34.6 Å². The Kier molecular flexibility index (Phi) is 6.33. The van der Waals surface area contributed by atoms with Gasteiger partial charge in [-0.15, -0.1) is 10.2 Å². The van der Waals surface area contributed by atoms with Crippen molar-refractivity contribution >= 4 is 23.4 Å². The first-order valence-corrected chi connectivity index (χ1v) is 9.05. The number of carbonyl (C=O) groups excluding carboxylic acids is 1. The second-order valence-electron chi connectivity index (χ2n) is 6.14. The van der Waals surface area contributed by atoms with Crippen LogP contribution in [0.4, 0.5) is 18.9 Å². The van der Waals surface area contributed by atoms with E-state index in [9.17, 15) is 18.0 Å². The number of aryl methyl sites for hydroxylation is 3. The fraction of sp³-hybridized carbons (Fsp3) is 0.471. The lowest BCUT2D eigenvalue weighted by atomic mass is 10.0. The summed E-state index contributed by atoms with van der Waals surface area (Å²) < 4.78 is 38.9. The van der Waals surface area contributed by atoms with Gasteiger partial charge in [0, 0.05) is 24.9 Å². The number of amides is 1. The second-order valence-corrected chi connectivity index (χ2v) is 7.20. The summed E-state index contributed by atoms with van der Waals surface area (Å²) in [6, 6.07) is 4.01. The number of benzene rings is 1. The first kappa shape index (κ1) is 20.3. The highest BCUT2D eigenvalue weighted by molar-refractivity contribution is 7.99. The van der Waals surface area contributed by atoms with E-state index in [0.717, 1.165) is 38.7 Å². The van der Waals surface area contributed by atoms with Crippen molar-refractivity contribution in [2.24, 2.45) is 7.05 Å². The van der Waals surface area contributed by atoms with E-state index >= 15 is 0 Å².